The molecule has 10 nitrogen and oxygen atoms in total. The summed E-state index contributed by atoms with van der Waals surface area (Å²) in [6, 6.07) is 0.221. The summed E-state index contributed by atoms with van der Waals surface area (Å²) >= 11 is 0. The number of primary amides is 1. The molecule has 2 fully saturated rings. The number of hydroxylamine groups is 2. The van der Waals surface area contributed by atoms with Crippen molar-refractivity contribution in [2.75, 3.05) is 13.7 Å². The number of fused-ring (bicyclic) bond motifs is 5. The number of methoxy groups -OCH3 is 1. The average molecular weight is 522 g/mol. The zero-order valence-electron chi connectivity index (χ0n) is 20.0. The minimum absolute atomic E-state index is 0.122. The van der Waals surface area contributed by atoms with Crippen LogP contribution >= 0.6 is 0 Å². The van der Waals surface area contributed by atoms with Gasteiger partial charge in [0.1, 0.15) is 23.2 Å². The second kappa shape index (κ2) is 8.85. The molecular weight excluding hydrogens is 497 g/mol. The molecule has 2 bridgehead atoms. The Hall–Kier alpha value is -3.42. The zero-order chi connectivity index (χ0) is 26.8. The molecule has 13 heteroatoms. The number of aromatic hydroxyl groups is 1. The van der Waals surface area contributed by atoms with Gasteiger partial charge in [-0.25, -0.2) is 13.2 Å². The van der Waals surface area contributed by atoms with Crippen LogP contribution in [0.25, 0.3) is 0 Å². The second-order valence-electron chi connectivity index (χ2n) is 9.69. The number of amides is 2. The summed E-state index contributed by atoms with van der Waals surface area (Å²) in [4.78, 5) is 45.7. The summed E-state index contributed by atoms with van der Waals surface area (Å²) in [6.45, 7) is 1.67. The van der Waals surface area contributed by atoms with Crippen molar-refractivity contribution in [2.45, 2.75) is 56.6 Å². The molecule has 1 spiro atoms. The summed E-state index contributed by atoms with van der Waals surface area (Å²) in [5.41, 5.74) is 2.28. The Kier molecular flexibility index (Phi) is 6.04. The number of nitrogens with zero attached hydrogens (tertiary/aromatic N) is 3. The number of nitrogens with two attached hydrogens (primary N) is 1. The first kappa shape index (κ1) is 25.2. The molecule has 1 aromatic carbocycles. The number of rotatable bonds is 4. The Morgan fingerprint density at radius 3 is 2.62 bits per heavy atom. The normalized spacial score (nSPS) is 27.4. The van der Waals surface area contributed by atoms with E-state index in [1.54, 1.807) is 0 Å². The smallest absolute Gasteiger partial charge is 0.274 e. The van der Waals surface area contributed by atoms with Crippen LogP contribution in [-0.2, 0) is 16.1 Å². The third-order valence-corrected chi connectivity index (χ3v) is 7.60. The Balaban J connectivity index is 1.61. The highest BCUT2D eigenvalue weighted by Crippen LogP contribution is 2.49. The highest BCUT2D eigenvalue weighted by Gasteiger charge is 2.56. The largest absolute Gasteiger partial charge is 0.503 e. The van der Waals surface area contributed by atoms with Crippen molar-refractivity contribution in [3.63, 3.8) is 0 Å². The summed E-state index contributed by atoms with van der Waals surface area (Å²) in [5.74, 6) is -6.02. The minimum Gasteiger partial charge on any atom is -0.503 e. The van der Waals surface area contributed by atoms with E-state index in [9.17, 15) is 32.7 Å². The lowest BCUT2D eigenvalue weighted by Crippen LogP contribution is -2.52. The van der Waals surface area contributed by atoms with Crippen LogP contribution in [0.1, 0.15) is 58.6 Å². The van der Waals surface area contributed by atoms with Crippen LogP contribution in [0.2, 0.25) is 0 Å². The third kappa shape index (κ3) is 3.88. The van der Waals surface area contributed by atoms with Crippen molar-refractivity contribution in [1.82, 2.24) is 14.5 Å². The maximum Gasteiger partial charge on any atom is 0.274 e. The van der Waals surface area contributed by atoms with Gasteiger partial charge in [0, 0.05) is 43.9 Å². The standard InChI is InChI=1S/C24H25F3N4O6/c1-11-3-4-24(7-18(36-2)31(37-24)8-12-5-15(26)16(27)6-14(12)25)17-10-29(11)23(35)19-21(33)20(32)13(22(28)34)9-30(17)19/h5-6,9,11,17-18,33H,3-4,7-8,10H2,1-2H3,(H2,28,34)/t11-,17+,18+,24-/m0/s1. The Morgan fingerprint density at radius 2 is 1.95 bits per heavy atom. The molecule has 4 heterocycles. The van der Waals surface area contributed by atoms with E-state index in [0.29, 0.717) is 18.9 Å². The molecule has 37 heavy (non-hydrogen) atoms. The van der Waals surface area contributed by atoms with Crippen molar-refractivity contribution >= 4 is 11.8 Å². The molecule has 3 aliphatic rings. The number of hydrogen-bond donors (Lipinski definition) is 2. The van der Waals surface area contributed by atoms with Crippen LogP contribution in [-0.4, -0.2) is 63.0 Å². The van der Waals surface area contributed by atoms with Gasteiger partial charge in [-0.15, -0.1) is 0 Å². The predicted octanol–water partition coefficient (Wildman–Crippen LogP) is 1.80. The molecular formula is C24H25F3N4O6. The quantitative estimate of drug-likeness (QED) is 0.587. The number of ether oxygens (including phenoxy) is 1. The van der Waals surface area contributed by atoms with E-state index in [2.05, 4.69) is 0 Å². The van der Waals surface area contributed by atoms with E-state index < -0.39 is 63.9 Å². The molecule has 3 aliphatic heterocycles. The maximum absolute atomic E-state index is 14.4. The lowest BCUT2D eigenvalue weighted by molar-refractivity contribution is -0.252. The van der Waals surface area contributed by atoms with E-state index in [0.717, 1.165) is 12.3 Å². The van der Waals surface area contributed by atoms with Gasteiger partial charge in [-0.2, -0.15) is 5.06 Å². The Bertz CT molecular complexity index is 1370. The van der Waals surface area contributed by atoms with Gasteiger partial charge in [-0.1, -0.05) is 0 Å². The number of aromatic nitrogens is 1. The minimum atomic E-state index is -1.32. The number of carbonyl (C=O) groups excluding carboxylic acids is 2. The molecule has 3 N–H and O–H groups in total. The van der Waals surface area contributed by atoms with Crippen LogP contribution in [0.3, 0.4) is 0 Å². The average Bonchev–Trinajstić information content (AvgIpc) is 3.15. The van der Waals surface area contributed by atoms with Crippen LogP contribution in [0.5, 0.6) is 5.75 Å². The number of hydrogen-bond acceptors (Lipinski definition) is 7. The topological polar surface area (TPSA) is 127 Å². The van der Waals surface area contributed by atoms with Gasteiger partial charge in [0.15, 0.2) is 23.1 Å². The van der Waals surface area contributed by atoms with Crippen molar-refractivity contribution < 1.29 is 37.4 Å². The van der Waals surface area contributed by atoms with Gasteiger partial charge >= 0.3 is 0 Å². The van der Waals surface area contributed by atoms with E-state index in [4.69, 9.17) is 15.3 Å². The first-order valence-electron chi connectivity index (χ1n) is 11.7. The van der Waals surface area contributed by atoms with Gasteiger partial charge in [-0.3, -0.25) is 19.2 Å². The van der Waals surface area contributed by atoms with Crippen molar-refractivity contribution in [3.05, 3.63) is 62.8 Å². The summed E-state index contributed by atoms with van der Waals surface area (Å²) in [5, 5.41) is 12.0. The van der Waals surface area contributed by atoms with Gasteiger partial charge in [0.05, 0.1) is 12.6 Å². The number of pyridine rings is 1. The number of carbonyl (C=O) groups is 2. The molecule has 1 aromatic heterocycles. The summed E-state index contributed by atoms with van der Waals surface area (Å²) < 4.78 is 48.7. The predicted molar refractivity (Wildman–Crippen MR) is 121 cm³/mol. The molecule has 0 saturated carbocycles. The van der Waals surface area contributed by atoms with Gasteiger partial charge in [0.25, 0.3) is 11.8 Å². The first-order valence-corrected chi connectivity index (χ1v) is 11.7. The second-order valence-corrected chi connectivity index (χ2v) is 9.69. The van der Waals surface area contributed by atoms with Gasteiger partial charge in [0.2, 0.25) is 5.43 Å². The van der Waals surface area contributed by atoms with Crippen LogP contribution in [0.4, 0.5) is 13.2 Å². The molecule has 5 rings (SSSR count). The van der Waals surface area contributed by atoms with Crippen LogP contribution in [0, 0.1) is 17.5 Å². The van der Waals surface area contributed by atoms with E-state index in [1.165, 1.54) is 21.6 Å². The van der Waals surface area contributed by atoms with Crippen LogP contribution < -0.4 is 11.2 Å². The SMILES string of the molecule is CO[C@@H]1C[C@]2(CC[C@H](C)N3C[C@H]2n2cc(C(N)=O)c(=O)c(O)c2C3=O)ON1Cc1cc(F)c(F)cc1F. The Labute approximate surface area is 208 Å². The maximum atomic E-state index is 14.4. The van der Waals surface area contributed by atoms with E-state index in [1.807, 2.05) is 6.92 Å². The fraction of sp³-hybridized carbons (Fsp3) is 0.458. The Morgan fingerprint density at radius 1 is 1.24 bits per heavy atom. The van der Waals surface area contributed by atoms with Crippen molar-refractivity contribution in [1.29, 1.82) is 0 Å². The van der Waals surface area contributed by atoms with E-state index >= 15 is 0 Å². The van der Waals surface area contributed by atoms with Crippen LogP contribution in [0.15, 0.2) is 23.1 Å². The number of halogens is 3. The summed E-state index contributed by atoms with van der Waals surface area (Å²) in [7, 11) is 1.42. The fourth-order valence-corrected chi connectivity index (χ4v) is 5.58. The molecule has 2 saturated heterocycles. The zero-order valence-corrected chi connectivity index (χ0v) is 20.0. The molecule has 4 atom stereocenters. The van der Waals surface area contributed by atoms with Gasteiger partial charge in [-0.05, 0) is 25.8 Å². The monoisotopic (exact) mass is 522 g/mol. The van der Waals surface area contributed by atoms with E-state index in [-0.39, 0.29) is 36.8 Å². The molecule has 0 aliphatic carbocycles. The molecule has 0 radical (unpaired) electrons. The first-order chi connectivity index (χ1) is 17.5. The summed E-state index contributed by atoms with van der Waals surface area (Å²) in [6.07, 6.45) is 1.50. The molecule has 198 valence electrons. The third-order valence-electron chi connectivity index (χ3n) is 7.60. The highest BCUT2D eigenvalue weighted by atomic mass is 19.2. The lowest BCUT2D eigenvalue weighted by atomic mass is 9.85. The van der Waals surface area contributed by atoms with Gasteiger partial charge < -0.3 is 25.0 Å². The fourth-order valence-electron chi connectivity index (χ4n) is 5.58. The van der Waals surface area contributed by atoms with Crippen molar-refractivity contribution in [2.24, 2.45) is 5.73 Å². The highest BCUT2D eigenvalue weighted by molar-refractivity contribution is 5.99. The molecule has 2 aromatic rings. The molecule has 2 amide bonds. The van der Waals surface area contributed by atoms with Crippen molar-refractivity contribution in [3.8, 4) is 5.75 Å². The molecule has 0 unspecified atom stereocenters. The lowest BCUT2D eigenvalue weighted by Gasteiger charge is -2.42. The number of benzene rings is 1.